The number of likely N-dealkylation sites (N-methyl/N-ethyl adjacent to an activating group) is 1. The maximum atomic E-state index is 12.6. The molecule has 1 aromatic heterocycles. The first-order chi connectivity index (χ1) is 9.74. The number of nitrogens with two attached hydrogens (primary N) is 1. The van der Waals surface area contributed by atoms with E-state index in [0.717, 1.165) is 6.07 Å². The van der Waals surface area contributed by atoms with E-state index >= 15 is 0 Å². The van der Waals surface area contributed by atoms with Gasteiger partial charge < -0.3 is 20.7 Å². The molecular weight excluding hydrogens is 291 g/mol. The summed E-state index contributed by atoms with van der Waals surface area (Å²) >= 11 is 0. The third-order valence-corrected chi connectivity index (χ3v) is 2.39. The van der Waals surface area contributed by atoms with Crippen molar-refractivity contribution in [2.75, 3.05) is 44.5 Å². The van der Waals surface area contributed by atoms with Gasteiger partial charge in [-0.1, -0.05) is 0 Å². The number of amides is 1. The Kier molecular flexibility index (Phi) is 5.70. The van der Waals surface area contributed by atoms with Crippen LogP contribution in [0.15, 0.2) is 6.07 Å². The number of carbonyl (C=O) groups excluding carboxylic acids is 1. The van der Waals surface area contributed by atoms with Crippen molar-refractivity contribution in [3.05, 3.63) is 11.9 Å². The van der Waals surface area contributed by atoms with Gasteiger partial charge in [-0.05, 0) is 0 Å². The van der Waals surface area contributed by atoms with Gasteiger partial charge in [0, 0.05) is 26.8 Å². The second kappa shape index (κ2) is 7.07. The first-order valence-electron chi connectivity index (χ1n) is 5.92. The summed E-state index contributed by atoms with van der Waals surface area (Å²) in [5.74, 6) is -2.12. The van der Waals surface area contributed by atoms with Crippen molar-refractivity contribution in [2.24, 2.45) is 0 Å². The molecule has 1 heterocycles. The van der Waals surface area contributed by atoms with Crippen LogP contribution < -0.4 is 16.0 Å². The van der Waals surface area contributed by atoms with E-state index < -0.39 is 12.0 Å². The number of hydrogen-bond acceptors (Lipinski definition) is 6. The number of halogens is 3. The summed E-state index contributed by atoms with van der Waals surface area (Å²) in [5.41, 5.74) is 5.33. The molecular formula is C11H16F3N5O2. The highest BCUT2D eigenvalue weighted by Crippen LogP contribution is 2.28. The molecule has 0 aliphatic carbocycles. The number of nitrogens with one attached hydrogen (secondary N) is 1. The lowest BCUT2D eigenvalue weighted by Gasteiger charge is -2.19. The molecule has 0 saturated heterocycles. The van der Waals surface area contributed by atoms with Gasteiger partial charge >= 0.3 is 6.18 Å². The minimum Gasteiger partial charge on any atom is -0.384 e. The van der Waals surface area contributed by atoms with E-state index in [1.807, 2.05) is 0 Å². The second-order valence-corrected chi connectivity index (χ2v) is 4.17. The molecule has 0 atom stereocenters. The summed E-state index contributed by atoms with van der Waals surface area (Å²) in [6.45, 7) is 0.481. The average molecular weight is 307 g/mol. The predicted molar refractivity (Wildman–Crippen MR) is 69.6 cm³/mol. The van der Waals surface area contributed by atoms with Gasteiger partial charge in [0.2, 0.25) is 11.7 Å². The minimum atomic E-state index is -4.70. The van der Waals surface area contributed by atoms with Gasteiger partial charge in [0.05, 0.1) is 13.2 Å². The van der Waals surface area contributed by atoms with E-state index in [2.05, 4.69) is 15.3 Å². The van der Waals surface area contributed by atoms with Gasteiger partial charge in [0.1, 0.15) is 11.6 Å². The molecule has 7 nitrogen and oxygen atoms in total. The SMILES string of the molecule is COCCNC(=O)CN(C)c1cc(N)nc(C(F)(F)F)n1. The largest absolute Gasteiger partial charge is 0.451 e. The average Bonchev–Trinajstić information content (AvgIpc) is 2.37. The molecule has 0 radical (unpaired) electrons. The topological polar surface area (TPSA) is 93.4 Å². The molecule has 3 N–H and O–H groups in total. The summed E-state index contributed by atoms with van der Waals surface area (Å²) < 4.78 is 42.5. The number of carbonyl (C=O) groups is 1. The lowest BCUT2D eigenvalue weighted by atomic mass is 10.4. The Labute approximate surface area is 119 Å². The summed E-state index contributed by atoms with van der Waals surface area (Å²) in [6.07, 6.45) is -4.70. The van der Waals surface area contributed by atoms with Crippen LogP contribution in [0.5, 0.6) is 0 Å². The Morgan fingerprint density at radius 1 is 1.48 bits per heavy atom. The van der Waals surface area contributed by atoms with E-state index in [0.29, 0.717) is 13.2 Å². The molecule has 0 fully saturated rings. The van der Waals surface area contributed by atoms with E-state index in [9.17, 15) is 18.0 Å². The van der Waals surface area contributed by atoms with E-state index in [4.69, 9.17) is 10.5 Å². The fourth-order valence-electron chi connectivity index (χ4n) is 1.42. The maximum Gasteiger partial charge on any atom is 0.451 e. The van der Waals surface area contributed by atoms with Crippen LogP contribution in [0, 0.1) is 0 Å². The summed E-state index contributed by atoms with van der Waals surface area (Å²) in [7, 11) is 2.92. The van der Waals surface area contributed by atoms with Crippen LogP contribution in [-0.4, -0.2) is 49.7 Å². The van der Waals surface area contributed by atoms with Gasteiger partial charge in [-0.3, -0.25) is 4.79 Å². The van der Waals surface area contributed by atoms with Crippen LogP contribution in [0.25, 0.3) is 0 Å². The summed E-state index contributed by atoms with van der Waals surface area (Å²) in [6, 6.07) is 1.16. The maximum absolute atomic E-state index is 12.6. The molecule has 0 spiro atoms. The Hall–Kier alpha value is -2.10. The molecule has 0 aliphatic rings. The molecule has 0 unspecified atom stereocenters. The fraction of sp³-hybridized carbons (Fsp3) is 0.545. The molecule has 1 rings (SSSR count). The van der Waals surface area contributed by atoms with Crippen LogP contribution >= 0.6 is 0 Å². The molecule has 0 aliphatic heterocycles. The Balaban J connectivity index is 2.76. The standard InChI is InChI=1S/C11H16F3N5O2/c1-19(6-9(20)16-3-4-21-2)8-5-7(15)17-10(18-8)11(12,13)14/h5H,3-4,6H2,1-2H3,(H,16,20)(H2,15,17,18). The smallest absolute Gasteiger partial charge is 0.384 e. The molecule has 10 heteroatoms. The predicted octanol–water partition coefficient (Wildman–Crippen LogP) is 0.276. The number of methoxy groups -OCH3 is 1. The molecule has 0 bridgehead atoms. The Bertz CT molecular complexity index is 495. The molecule has 0 aromatic carbocycles. The van der Waals surface area contributed by atoms with E-state index in [1.54, 1.807) is 0 Å². The highest BCUT2D eigenvalue weighted by atomic mass is 19.4. The van der Waals surface area contributed by atoms with Crippen molar-refractivity contribution in [1.29, 1.82) is 0 Å². The zero-order valence-corrected chi connectivity index (χ0v) is 11.6. The van der Waals surface area contributed by atoms with Crippen LogP contribution in [0.1, 0.15) is 5.82 Å². The first kappa shape index (κ1) is 17.0. The molecule has 21 heavy (non-hydrogen) atoms. The van der Waals surface area contributed by atoms with Crippen molar-refractivity contribution in [2.45, 2.75) is 6.18 Å². The normalized spacial score (nSPS) is 11.3. The van der Waals surface area contributed by atoms with E-state index in [-0.39, 0.29) is 24.1 Å². The number of alkyl halides is 3. The number of aromatic nitrogens is 2. The monoisotopic (exact) mass is 307 g/mol. The Morgan fingerprint density at radius 2 is 2.14 bits per heavy atom. The van der Waals surface area contributed by atoms with Crippen molar-refractivity contribution < 1.29 is 22.7 Å². The van der Waals surface area contributed by atoms with Gasteiger partial charge in [0.25, 0.3) is 0 Å². The fourth-order valence-corrected chi connectivity index (χ4v) is 1.42. The number of nitrogen functional groups attached to an aromatic ring is 1. The van der Waals surface area contributed by atoms with Crippen LogP contribution in [0.2, 0.25) is 0 Å². The zero-order valence-electron chi connectivity index (χ0n) is 11.6. The number of ether oxygens (including phenoxy) is 1. The van der Waals surface area contributed by atoms with Crippen molar-refractivity contribution >= 4 is 17.5 Å². The van der Waals surface area contributed by atoms with Crippen LogP contribution in [-0.2, 0) is 15.7 Å². The highest BCUT2D eigenvalue weighted by molar-refractivity contribution is 5.80. The molecule has 1 aromatic rings. The zero-order chi connectivity index (χ0) is 16.0. The molecule has 118 valence electrons. The first-order valence-corrected chi connectivity index (χ1v) is 5.92. The Morgan fingerprint density at radius 3 is 2.71 bits per heavy atom. The van der Waals surface area contributed by atoms with Gasteiger partial charge in [0.15, 0.2) is 0 Å². The van der Waals surface area contributed by atoms with Crippen LogP contribution in [0.4, 0.5) is 24.8 Å². The third kappa shape index (κ3) is 5.42. The van der Waals surface area contributed by atoms with Crippen molar-refractivity contribution in [3.63, 3.8) is 0 Å². The lowest BCUT2D eigenvalue weighted by molar-refractivity contribution is -0.144. The van der Waals surface area contributed by atoms with Crippen LogP contribution in [0.3, 0.4) is 0 Å². The second-order valence-electron chi connectivity index (χ2n) is 4.17. The van der Waals surface area contributed by atoms with Gasteiger partial charge in [-0.25, -0.2) is 9.97 Å². The molecule has 0 saturated carbocycles. The van der Waals surface area contributed by atoms with Gasteiger partial charge in [-0.2, -0.15) is 13.2 Å². The highest BCUT2D eigenvalue weighted by Gasteiger charge is 2.35. The summed E-state index contributed by atoms with van der Waals surface area (Å²) in [5, 5.41) is 2.54. The van der Waals surface area contributed by atoms with Crippen molar-refractivity contribution in [3.8, 4) is 0 Å². The van der Waals surface area contributed by atoms with Gasteiger partial charge in [-0.15, -0.1) is 0 Å². The van der Waals surface area contributed by atoms with E-state index in [1.165, 1.54) is 19.1 Å². The molecule has 1 amide bonds. The minimum absolute atomic E-state index is 0.0864. The van der Waals surface area contributed by atoms with Crippen molar-refractivity contribution in [1.82, 2.24) is 15.3 Å². The number of anilines is 2. The number of rotatable bonds is 6. The number of hydrogen-bond donors (Lipinski definition) is 2. The number of nitrogens with zero attached hydrogens (tertiary/aromatic N) is 3. The third-order valence-electron chi connectivity index (χ3n) is 2.39. The quantitative estimate of drug-likeness (QED) is 0.733. The lowest BCUT2D eigenvalue weighted by Crippen LogP contribution is -2.37. The summed E-state index contributed by atoms with van der Waals surface area (Å²) in [4.78, 5) is 19.3.